The third-order valence-corrected chi connectivity index (χ3v) is 5.46. The van der Waals surface area contributed by atoms with Gasteiger partial charge in [-0.3, -0.25) is 14.5 Å². The average Bonchev–Trinajstić information content (AvgIpc) is 3.38. The highest BCUT2D eigenvalue weighted by Crippen LogP contribution is 2.29. The summed E-state index contributed by atoms with van der Waals surface area (Å²) in [5.41, 5.74) is 5.24. The molecule has 1 atom stereocenters. The van der Waals surface area contributed by atoms with Gasteiger partial charge in [0.2, 0.25) is 5.91 Å². The second-order valence-corrected chi connectivity index (χ2v) is 8.86. The van der Waals surface area contributed by atoms with Crippen molar-refractivity contribution >= 4 is 11.9 Å². The van der Waals surface area contributed by atoms with Gasteiger partial charge >= 0.3 is 5.97 Å². The fourth-order valence-electron chi connectivity index (χ4n) is 3.50. The maximum absolute atomic E-state index is 12.3. The fraction of sp³-hybridized carbons (Fsp3) is 0.636. The minimum absolute atomic E-state index is 0.100. The highest BCUT2D eigenvalue weighted by atomic mass is 16.4. The summed E-state index contributed by atoms with van der Waals surface area (Å²) >= 11 is 0. The summed E-state index contributed by atoms with van der Waals surface area (Å²) in [4.78, 5) is 25.4. The van der Waals surface area contributed by atoms with Crippen molar-refractivity contribution in [3.05, 3.63) is 34.4 Å². The number of hydrogen-bond donors (Lipinski definition) is 2. The molecule has 1 aromatic rings. The lowest BCUT2D eigenvalue weighted by Gasteiger charge is -2.25. The quantitative estimate of drug-likeness (QED) is 0.733. The van der Waals surface area contributed by atoms with Crippen molar-refractivity contribution in [3.63, 3.8) is 0 Å². The van der Waals surface area contributed by atoms with Crippen LogP contribution in [-0.4, -0.2) is 47.1 Å². The van der Waals surface area contributed by atoms with Crippen LogP contribution in [0.4, 0.5) is 0 Å². The monoisotopic (exact) mass is 374 g/mol. The van der Waals surface area contributed by atoms with Crippen molar-refractivity contribution in [2.24, 2.45) is 0 Å². The molecule has 1 saturated carbocycles. The van der Waals surface area contributed by atoms with Crippen molar-refractivity contribution < 1.29 is 14.7 Å². The van der Waals surface area contributed by atoms with Gasteiger partial charge in [-0.2, -0.15) is 0 Å². The van der Waals surface area contributed by atoms with Gasteiger partial charge in [0.25, 0.3) is 0 Å². The smallest absolute Gasteiger partial charge is 0.320 e. The molecule has 2 rings (SSSR count). The number of hydrogen-bond acceptors (Lipinski definition) is 3. The Bertz CT molecular complexity index is 679. The zero-order valence-corrected chi connectivity index (χ0v) is 17.6. The second-order valence-electron chi connectivity index (χ2n) is 8.86. The van der Waals surface area contributed by atoms with E-state index in [1.807, 2.05) is 0 Å². The first-order chi connectivity index (χ1) is 12.5. The lowest BCUT2D eigenvalue weighted by molar-refractivity contribution is -0.143. The number of carbonyl (C=O) groups is 2. The summed E-state index contributed by atoms with van der Waals surface area (Å²) in [6.45, 7) is 13.3. The molecule has 1 unspecified atom stereocenters. The Balaban J connectivity index is 1.92. The molecule has 2 N–H and O–H groups in total. The van der Waals surface area contributed by atoms with E-state index < -0.39 is 12.0 Å². The molecule has 27 heavy (non-hydrogen) atoms. The molecule has 0 aliphatic heterocycles. The van der Waals surface area contributed by atoms with Gasteiger partial charge in [-0.05, 0) is 67.7 Å². The van der Waals surface area contributed by atoms with Gasteiger partial charge < -0.3 is 10.4 Å². The third kappa shape index (κ3) is 5.80. The predicted octanol–water partition coefficient (Wildman–Crippen LogP) is 3.20. The summed E-state index contributed by atoms with van der Waals surface area (Å²) in [7, 11) is 0. The second kappa shape index (κ2) is 8.42. The first-order valence-corrected chi connectivity index (χ1v) is 9.86. The molecule has 0 bridgehead atoms. The summed E-state index contributed by atoms with van der Waals surface area (Å²) in [6, 6.07) is 4.09. The molecular formula is C22H34N2O3. The summed E-state index contributed by atoms with van der Waals surface area (Å²) < 4.78 is 0. The highest BCUT2D eigenvalue weighted by Gasteiger charge is 2.36. The van der Waals surface area contributed by atoms with Gasteiger partial charge in [-0.25, -0.2) is 0 Å². The summed E-state index contributed by atoms with van der Waals surface area (Å²) in [5, 5.41) is 12.2. The van der Waals surface area contributed by atoms with Crippen LogP contribution in [0.25, 0.3) is 0 Å². The number of aryl methyl sites for hydroxylation is 2. The summed E-state index contributed by atoms with van der Waals surface area (Å²) in [6.07, 6.45) is 2.73. The van der Waals surface area contributed by atoms with Gasteiger partial charge in [-0.15, -0.1) is 0 Å². The van der Waals surface area contributed by atoms with E-state index in [9.17, 15) is 14.7 Å². The lowest BCUT2D eigenvalue weighted by Crippen LogP contribution is -2.46. The summed E-state index contributed by atoms with van der Waals surface area (Å²) in [5.74, 6) is -0.975. The van der Waals surface area contributed by atoms with E-state index in [0.717, 1.165) is 19.3 Å². The largest absolute Gasteiger partial charge is 0.480 e. The topological polar surface area (TPSA) is 69.6 Å². The molecule has 1 aliphatic carbocycles. The molecule has 1 fully saturated rings. The van der Waals surface area contributed by atoms with Gasteiger partial charge in [-0.1, -0.05) is 32.9 Å². The van der Waals surface area contributed by atoms with Gasteiger partial charge in [0, 0.05) is 12.6 Å². The zero-order chi connectivity index (χ0) is 20.4. The van der Waals surface area contributed by atoms with E-state index in [0.29, 0.717) is 6.54 Å². The number of carbonyl (C=O) groups excluding carboxylic acids is 1. The van der Waals surface area contributed by atoms with Crippen LogP contribution in [0.15, 0.2) is 12.1 Å². The SMILES string of the molecule is Cc1cc(C(C)(C)C)cc(C)c1CCNC(=O)CN(C1CC1)C(C)C(=O)O. The number of benzene rings is 1. The predicted molar refractivity (Wildman–Crippen MR) is 108 cm³/mol. The Hall–Kier alpha value is -1.88. The van der Waals surface area contributed by atoms with Crippen LogP contribution in [0.1, 0.15) is 62.8 Å². The van der Waals surface area contributed by atoms with E-state index in [1.165, 1.54) is 22.3 Å². The standard InChI is InChI=1S/C22H34N2O3/c1-14-11-17(22(4,5)6)12-15(2)19(14)9-10-23-20(25)13-24(18-7-8-18)16(3)21(26)27/h11-12,16,18H,7-10,13H2,1-6H3,(H,23,25)(H,26,27). The van der Waals surface area contributed by atoms with E-state index in [-0.39, 0.29) is 23.9 Å². The number of carboxylic acid groups (broad SMARTS) is 1. The van der Waals surface area contributed by atoms with E-state index >= 15 is 0 Å². The Labute approximate surface area is 163 Å². The van der Waals surface area contributed by atoms with Crippen LogP contribution in [0, 0.1) is 13.8 Å². The molecular weight excluding hydrogens is 340 g/mol. The number of aliphatic carboxylic acids is 1. The molecule has 1 aliphatic rings. The average molecular weight is 375 g/mol. The normalized spacial score (nSPS) is 15.7. The van der Waals surface area contributed by atoms with E-state index in [2.05, 4.69) is 52.1 Å². The Morgan fingerprint density at radius 1 is 1.22 bits per heavy atom. The maximum atomic E-state index is 12.3. The van der Waals surface area contributed by atoms with Crippen LogP contribution >= 0.6 is 0 Å². The molecule has 1 aromatic carbocycles. The van der Waals surface area contributed by atoms with Crippen molar-refractivity contribution in [3.8, 4) is 0 Å². The highest BCUT2D eigenvalue weighted by molar-refractivity contribution is 5.80. The van der Waals surface area contributed by atoms with Gasteiger partial charge in [0.05, 0.1) is 6.54 Å². The zero-order valence-electron chi connectivity index (χ0n) is 17.6. The first-order valence-electron chi connectivity index (χ1n) is 9.86. The van der Waals surface area contributed by atoms with Crippen LogP contribution in [-0.2, 0) is 21.4 Å². The number of nitrogens with one attached hydrogen (secondary N) is 1. The van der Waals surface area contributed by atoms with E-state index in [4.69, 9.17) is 0 Å². The van der Waals surface area contributed by atoms with Crippen molar-refractivity contribution in [2.45, 2.75) is 78.3 Å². The van der Waals surface area contributed by atoms with Crippen LogP contribution in [0.3, 0.4) is 0 Å². The molecule has 0 heterocycles. The molecule has 0 saturated heterocycles. The molecule has 1 amide bonds. The number of rotatable bonds is 8. The molecule has 0 radical (unpaired) electrons. The number of amides is 1. The molecule has 0 spiro atoms. The first kappa shape index (κ1) is 21.4. The van der Waals surface area contributed by atoms with Crippen molar-refractivity contribution in [1.29, 1.82) is 0 Å². The molecule has 5 nitrogen and oxygen atoms in total. The van der Waals surface area contributed by atoms with Crippen molar-refractivity contribution in [1.82, 2.24) is 10.2 Å². The Morgan fingerprint density at radius 2 is 1.78 bits per heavy atom. The Morgan fingerprint density at radius 3 is 2.22 bits per heavy atom. The number of nitrogens with zero attached hydrogens (tertiary/aromatic N) is 1. The number of carboxylic acids is 1. The maximum Gasteiger partial charge on any atom is 0.320 e. The molecule has 150 valence electrons. The third-order valence-electron chi connectivity index (χ3n) is 5.46. The van der Waals surface area contributed by atoms with E-state index in [1.54, 1.807) is 11.8 Å². The van der Waals surface area contributed by atoms with Gasteiger partial charge in [0.15, 0.2) is 0 Å². The van der Waals surface area contributed by atoms with Crippen molar-refractivity contribution in [2.75, 3.05) is 13.1 Å². The lowest BCUT2D eigenvalue weighted by atomic mass is 9.83. The minimum Gasteiger partial charge on any atom is -0.480 e. The Kier molecular flexibility index (Phi) is 6.68. The van der Waals surface area contributed by atoms with Gasteiger partial charge in [0.1, 0.15) is 6.04 Å². The minimum atomic E-state index is -0.875. The molecule has 0 aromatic heterocycles. The van der Waals surface area contributed by atoms with Crippen LogP contribution in [0.2, 0.25) is 0 Å². The fourth-order valence-corrected chi connectivity index (χ4v) is 3.50. The van der Waals surface area contributed by atoms with Crippen LogP contribution in [0.5, 0.6) is 0 Å². The molecule has 5 heteroatoms. The van der Waals surface area contributed by atoms with Crippen LogP contribution < -0.4 is 5.32 Å².